The van der Waals surface area contributed by atoms with Crippen LogP contribution < -0.4 is 10.9 Å². The average Bonchev–Trinajstić information content (AvgIpc) is 2.78. The molecule has 3 aromatic carbocycles. The maximum Gasteiger partial charge on any atom is 0.306 e. The minimum atomic E-state index is -0.476. The zero-order valence-electron chi connectivity index (χ0n) is 16.8. The Labute approximate surface area is 178 Å². The predicted octanol–water partition coefficient (Wildman–Crippen LogP) is 3.58. The number of nitrogens with one attached hydrogen (secondary N) is 2. The lowest BCUT2D eigenvalue weighted by molar-refractivity contribution is -0.147. The van der Waals surface area contributed by atoms with Gasteiger partial charge in [-0.3, -0.25) is 14.4 Å². The van der Waals surface area contributed by atoms with E-state index in [0.717, 1.165) is 10.8 Å². The van der Waals surface area contributed by atoms with Crippen LogP contribution in [0, 0.1) is 0 Å². The summed E-state index contributed by atoms with van der Waals surface area (Å²) in [5.74, 6) is -0.355. The van der Waals surface area contributed by atoms with E-state index in [1.165, 1.54) is 0 Å². The van der Waals surface area contributed by atoms with Gasteiger partial charge in [-0.15, -0.1) is 0 Å². The number of rotatable bonds is 7. The molecule has 7 nitrogen and oxygen atoms in total. The topological polar surface area (TPSA) is 101 Å². The van der Waals surface area contributed by atoms with Gasteiger partial charge in [0.05, 0.1) is 10.9 Å². The number of para-hydroxylation sites is 1. The summed E-state index contributed by atoms with van der Waals surface area (Å²) in [5.41, 5.74) is 1.09. The first-order chi connectivity index (χ1) is 15.1. The first kappa shape index (κ1) is 20.3. The average molecular weight is 415 g/mol. The molecule has 0 unspecified atom stereocenters. The van der Waals surface area contributed by atoms with Gasteiger partial charge in [0.1, 0.15) is 5.82 Å². The van der Waals surface area contributed by atoms with Crippen LogP contribution in [0.5, 0.6) is 0 Å². The highest BCUT2D eigenvalue weighted by Crippen LogP contribution is 2.22. The first-order valence-electron chi connectivity index (χ1n) is 10.0. The van der Waals surface area contributed by atoms with Gasteiger partial charge in [-0.25, -0.2) is 4.98 Å². The van der Waals surface area contributed by atoms with E-state index >= 15 is 0 Å². The van der Waals surface area contributed by atoms with Crippen molar-refractivity contribution >= 4 is 39.2 Å². The molecule has 1 aromatic heterocycles. The highest BCUT2D eigenvalue weighted by molar-refractivity contribution is 6.02. The van der Waals surface area contributed by atoms with Crippen LogP contribution in [0.2, 0.25) is 0 Å². The van der Waals surface area contributed by atoms with E-state index in [1.807, 2.05) is 42.5 Å². The number of fused-ring (bicyclic) bond motifs is 2. The molecule has 0 atom stereocenters. The number of esters is 1. The number of nitrogens with zero attached hydrogens (tertiary/aromatic N) is 1. The number of amides is 1. The summed E-state index contributed by atoms with van der Waals surface area (Å²) in [7, 11) is 0. The second-order valence-electron chi connectivity index (χ2n) is 7.12. The molecule has 0 bridgehead atoms. The van der Waals surface area contributed by atoms with E-state index in [-0.39, 0.29) is 18.6 Å². The highest BCUT2D eigenvalue weighted by Gasteiger charge is 2.10. The Bertz CT molecular complexity index is 1310. The van der Waals surface area contributed by atoms with Gasteiger partial charge in [0.2, 0.25) is 0 Å². The summed E-state index contributed by atoms with van der Waals surface area (Å²) in [5, 5.41) is 5.24. The summed E-state index contributed by atoms with van der Waals surface area (Å²) < 4.78 is 5.08. The molecule has 0 saturated carbocycles. The Morgan fingerprint density at radius 2 is 1.68 bits per heavy atom. The second-order valence-corrected chi connectivity index (χ2v) is 7.12. The van der Waals surface area contributed by atoms with Crippen LogP contribution in [0.25, 0.3) is 21.7 Å². The summed E-state index contributed by atoms with van der Waals surface area (Å²) in [6.07, 6.45) is 1.00. The molecular weight excluding hydrogens is 394 g/mol. The standard InChI is InChI=1S/C24H21N3O4/c28-22(26-19-12-5-8-16-7-1-2-9-17(16)19)15-31-23(29)14-6-13-21-25-20-11-4-3-10-18(20)24(30)27-21/h1-5,7-12H,6,13-15H2,(H,26,28)(H,25,27,30). The Kier molecular flexibility index (Phi) is 6.03. The molecule has 0 saturated heterocycles. The van der Waals surface area contributed by atoms with Crippen molar-refractivity contribution < 1.29 is 14.3 Å². The van der Waals surface area contributed by atoms with Crippen molar-refractivity contribution in [2.24, 2.45) is 0 Å². The SMILES string of the molecule is O=C(COC(=O)CCCc1nc2ccccc2c(=O)[nH]1)Nc1cccc2ccccc12. The fraction of sp³-hybridized carbons (Fsp3) is 0.167. The fourth-order valence-electron chi connectivity index (χ4n) is 3.39. The monoisotopic (exact) mass is 415 g/mol. The molecule has 0 fully saturated rings. The molecule has 2 N–H and O–H groups in total. The fourth-order valence-corrected chi connectivity index (χ4v) is 3.39. The lowest BCUT2D eigenvalue weighted by Gasteiger charge is -2.09. The van der Waals surface area contributed by atoms with E-state index in [2.05, 4.69) is 15.3 Å². The largest absolute Gasteiger partial charge is 0.456 e. The van der Waals surface area contributed by atoms with Gasteiger partial charge in [0.25, 0.3) is 11.5 Å². The highest BCUT2D eigenvalue weighted by atomic mass is 16.5. The number of carbonyl (C=O) groups excluding carboxylic acids is 2. The molecule has 1 amide bonds. The number of benzene rings is 3. The zero-order chi connectivity index (χ0) is 21.6. The van der Waals surface area contributed by atoms with Crippen LogP contribution in [0.4, 0.5) is 5.69 Å². The molecule has 156 valence electrons. The molecule has 1 heterocycles. The predicted molar refractivity (Wildman–Crippen MR) is 119 cm³/mol. The third-order valence-electron chi connectivity index (χ3n) is 4.88. The van der Waals surface area contributed by atoms with Crippen LogP contribution in [0.15, 0.2) is 71.5 Å². The van der Waals surface area contributed by atoms with Gasteiger partial charge in [-0.2, -0.15) is 0 Å². The van der Waals surface area contributed by atoms with Crippen LogP contribution in [0.3, 0.4) is 0 Å². The van der Waals surface area contributed by atoms with Crippen molar-refractivity contribution in [1.29, 1.82) is 0 Å². The number of H-pyrrole nitrogens is 1. The van der Waals surface area contributed by atoms with Gasteiger partial charge in [0.15, 0.2) is 6.61 Å². The molecular formula is C24H21N3O4. The van der Waals surface area contributed by atoms with Crippen molar-refractivity contribution in [3.8, 4) is 0 Å². The van der Waals surface area contributed by atoms with Crippen molar-refractivity contribution in [3.05, 3.63) is 82.9 Å². The van der Waals surface area contributed by atoms with E-state index in [9.17, 15) is 14.4 Å². The summed E-state index contributed by atoms with van der Waals surface area (Å²) in [6.45, 7) is -0.354. The molecule has 0 aliphatic carbocycles. The van der Waals surface area contributed by atoms with Crippen LogP contribution >= 0.6 is 0 Å². The third-order valence-corrected chi connectivity index (χ3v) is 4.88. The summed E-state index contributed by atoms with van der Waals surface area (Å²) >= 11 is 0. The summed E-state index contributed by atoms with van der Waals surface area (Å²) in [6, 6.07) is 20.4. The Morgan fingerprint density at radius 3 is 2.55 bits per heavy atom. The second kappa shape index (κ2) is 9.21. The minimum absolute atomic E-state index is 0.123. The van der Waals surface area contributed by atoms with Crippen LogP contribution in [0.1, 0.15) is 18.7 Å². The van der Waals surface area contributed by atoms with Crippen molar-refractivity contribution in [1.82, 2.24) is 9.97 Å². The lowest BCUT2D eigenvalue weighted by Crippen LogP contribution is -2.21. The molecule has 0 aliphatic heterocycles. The smallest absolute Gasteiger partial charge is 0.306 e. The number of hydrogen-bond acceptors (Lipinski definition) is 5. The molecule has 31 heavy (non-hydrogen) atoms. The number of anilines is 1. The number of ether oxygens (including phenoxy) is 1. The molecule has 0 spiro atoms. The Morgan fingerprint density at radius 1 is 0.935 bits per heavy atom. The normalized spacial score (nSPS) is 10.8. The molecule has 4 rings (SSSR count). The van der Waals surface area contributed by atoms with Crippen molar-refractivity contribution in [2.75, 3.05) is 11.9 Å². The molecule has 0 radical (unpaired) electrons. The van der Waals surface area contributed by atoms with E-state index in [1.54, 1.807) is 24.3 Å². The Balaban J connectivity index is 1.26. The number of carbonyl (C=O) groups is 2. The number of aromatic nitrogens is 2. The van der Waals surface area contributed by atoms with Crippen molar-refractivity contribution in [2.45, 2.75) is 19.3 Å². The quantitative estimate of drug-likeness (QED) is 0.449. The minimum Gasteiger partial charge on any atom is -0.456 e. The van der Waals surface area contributed by atoms with Gasteiger partial charge in [-0.1, -0.05) is 48.5 Å². The van der Waals surface area contributed by atoms with Crippen LogP contribution in [-0.4, -0.2) is 28.5 Å². The summed E-state index contributed by atoms with van der Waals surface area (Å²) in [4.78, 5) is 43.4. The molecule has 4 aromatic rings. The number of hydrogen-bond donors (Lipinski definition) is 2. The Hall–Kier alpha value is -4.00. The number of aryl methyl sites for hydroxylation is 1. The van der Waals surface area contributed by atoms with E-state index < -0.39 is 11.9 Å². The van der Waals surface area contributed by atoms with Crippen molar-refractivity contribution in [3.63, 3.8) is 0 Å². The van der Waals surface area contributed by atoms with E-state index in [4.69, 9.17) is 4.74 Å². The maximum absolute atomic E-state index is 12.2. The molecule has 0 aliphatic rings. The zero-order valence-corrected chi connectivity index (χ0v) is 16.8. The van der Waals surface area contributed by atoms with E-state index in [0.29, 0.717) is 35.3 Å². The van der Waals surface area contributed by atoms with Gasteiger partial charge < -0.3 is 15.0 Å². The lowest BCUT2D eigenvalue weighted by atomic mass is 10.1. The molecule has 7 heteroatoms. The third kappa shape index (κ3) is 4.95. The van der Waals surface area contributed by atoms with Gasteiger partial charge in [-0.05, 0) is 30.0 Å². The van der Waals surface area contributed by atoms with Gasteiger partial charge >= 0.3 is 5.97 Å². The van der Waals surface area contributed by atoms with Crippen LogP contribution in [-0.2, 0) is 20.7 Å². The number of aromatic amines is 1. The first-order valence-corrected chi connectivity index (χ1v) is 10.0. The van der Waals surface area contributed by atoms with Gasteiger partial charge in [0, 0.05) is 23.9 Å². The maximum atomic E-state index is 12.2.